The topological polar surface area (TPSA) is 66.9 Å². The van der Waals surface area contributed by atoms with E-state index in [9.17, 15) is 9.59 Å². The zero-order chi connectivity index (χ0) is 19.7. The van der Waals surface area contributed by atoms with Crippen LogP contribution in [0.4, 0.5) is 0 Å². The molecular formula is C23H21N3O2. The smallest absolute Gasteiger partial charge is 0.261 e. The number of aromatic nitrogens is 2. The average molecular weight is 371 g/mol. The number of rotatable bonds is 4. The Bertz CT molecular complexity index is 1220. The molecule has 0 radical (unpaired) electrons. The van der Waals surface area contributed by atoms with Gasteiger partial charge in [-0.3, -0.25) is 9.59 Å². The molecule has 1 amide bonds. The summed E-state index contributed by atoms with van der Waals surface area (Å²) in [5.41, 5.74) is 4.62. The van der Waals surface area contributed by atoms with Crippen molar-refractivity contribution >= 4 is 16.8 Å². The van der Waals surface area contributed by atoms with E-state index in [1.165, 1.54) is 5.69 Å². The first kappa shape index (κ1) is 17.8. The number of hydrogen-bond acceptors (Lipinski definition) is 2. The minimum absolute atomic E-state index is 0.108. The second-order valence-electron chi connectivity index (χ2n) is 6.90. The summed E-state index contributed by atoms with van der Waals surface area (Å²) < 4.78 is 2.13. The molecule has 2 N–H and O–H groups in total. The van der Waals surface area contributed by atoms with Crippen LogP contribution in [-0.4, -0.2) is 15.5 Å². The van der Waals surface area contributed by atoms with Crippen LogP contribution in [0.1, 0.15) is 21.6 Å². The molecule has 5 nitrogen and oxygen atoms in total. The number of aromatic amines is 1. The molecule has 0 aliphatic rings. The van der Waals surface area contributed by atoms with Crippen molar-refractivity contribution in [2.45, 2.75) is 13.5 Å². The zero-order valence-corrected chi connectivity index (χ0v) is 15.8. The Hall–Kier alpha value is -3.60. The summed E-state index contributed by atoms with van der Waals surface area (Å²) in [6.45, 7) is 2.43. The molecule has 4 rings (SSSR count). The van der Waals surface area contributed by atoms with Crippen LogP contribution in [0.3, 0.4) is 0 Å². The fourth-order valence-electron chi connectivity index (χ4n) is 3.36. The Balaban J connectivity index is 1.50. The number of H-pyrrole nitrogens is 1. The summed E-state index contributed by atoms with van der Waals surface area (Å²) in [4.78, 5) is 27.6. The van der Waals surface area contributed by atoms with Crippen molar-refractivity contribution in [2.75, 3.05) is 0 Å². The van der Waals surface area contributed by atoms with Gasteiger partial charge in [-0.2, -0.15) is 0 Å². The maximum Gasteiger partial charge on any atom is 0.261 e. The van der Waals surface area contributed by atoms with Crippen molar-refractivity contribution in [1.82, 2.24) is 14.9 Å². The van der Waals surface area contributed by atoms with Gasteiger partial charge in [-0.05, 0) is 48.4 Å². The van der Waals surface area contributed by atoms with Crippen LogP contribution < -0.4 is 10.9 Å². The van der Waals surface area contributed by atoms with Gasteiger partial charge in [0.1, 0.15) is 5.56 Å². The van der Waals surface area contributed by atoms with Gasteiger partial charge in [0, 0.05) is 35.9 Å². The third kappa shape index (κ3) is 3.34. The van der Waals surface area contributed by atoms with E-state index in [4.69, 9.17) is 0 Å². The number of carbonyl (C=O) groups excluding carboxylic acids is 1. The molecule has 0 atom stereocenters. The molecule has 2 aromatic heterocycles. The molecule has 0 fully saturated rings. The molecule has 2 aromatic carbocycles. The van der Waals surface area contributed by atoms with Crippen LogP contribution in [0.5, 0.6) is 0 Å². The second kappa shape index (κ2) is 7.19. The Kier molecular flexibility index (Phi) is 4.57. The molecule has 5 heteroatoms. The summed E-state index contributed by atoms with van der Waals surface area (Å²) in [6, 6.07) is 21.1. The van der Waals surface area contributed by atoms with E-state index in [1.807, 2.05) is 49.5 Å². The van der Waals surface area contributed by atoms with Crippen molar-refractivity contribution in [1.29, 1.82) is 0 Å². The Labute approximate surface area is 162 Å². The van der Waals surface area contributed by atoms with Gasteiger partial charge in [0.15, 0.2) is 0 Å². The number of hydrogen-bond donors (Lipinski definition) is 2. The lowest BCUT2D eigenvalue weighted by Gasteiger charge is -2.07. The van der Waals surface area contributed by atoms with Crippen molar-refractivity contribution < 1.29 is 4.79 Å². The number of pyridine rings is 1. The Morgan fingerprint density at radius 3 is 2.57 bits per heavy atom. The molecular weight excluding hydrogens is 350 g/mol. The molecule has 0 spiro atoms. The SMILES string of the molecule is Cc1cc2cc(CNC(=O)c3ccc(-c4ccccc4)[nH]c3=O)ccc2n1C. The molecule has 28 heavy (non-hydrogen) atoms. The molecule has 0 saturated heterocycles. The second-order valence-corrected chi connectivity index (χ2v) is 6.90. The summed E-state index contributed by atoms with van der Waals surface area (Å²) in [7, 11) is 2.03. The van der Waals surface area contributed by atoms with E-state index in [0.29, 0.717) is 12.2 Å². The molecule has 4 aromatic rings. The minimum Gasteiger partial charge on any atom is -0.348 e. The highest BCUT2D eigenvalue weighted by atomic mass is 16.2. The number of nitrogens with zero attached hydrogens (tertiary/aromatic N) is 1. The van der Waals surface area contributed by atoms with Gasteiger partial charge in [0.25, 0.3) is 11.5 Å². The lowest BCUT2D eigenvalue weighted by molar-refractivity contribution is 0.0949. The van der Waals surface area contributed by atoms with Gasteiger partial charge in [-0.1, -0.05) is 36.4 Å². The van der Waals surface area contributed by atoms with Crippen LogP contribution in [0.25, 0.3) is 22.2 Å². The number of aryl methyl sites for hydroxylation is 2. The lowest BCUT2D eigenvalue weighted by Crippen LogP contribution is -2.29. The molecule has 0 unspecified atom stereocenters. The highest BCUT2D eigenvalue weighted by Gasteiger charge is 2.12. The summed E-state index contributed by atoms with van der Waals surface area (Å²) in [5.74, 6) is -0.384. The van der Waals surface area contributed by atoms with Gasteiger partial charge in [0.05, 0.1) is 0 Å². The summed E-state index contributed by atoms with van der Waals surface area (Å²) >= 11 is 0. The molecule has 2 heterocycles. The molecule has 140 valence electrons. The first-order valence-electron chi connectivity index (χ1n) is 9.15. The Morgan fingerprint density at radius 1 is 1.04 bits per heavy atom. The zero-order valence-electron chi connectivity index (χ0n) is 15.8. The number of fused-ring (bicyclic) bond motifs is 1. The molecule has 0 bridgehead atoms. The van der Waals surface area contributed by atoms with Crippen LogP contribution in [-0.2, 0) is 13.6 Å². The maximum atomic E-state index is 12.5. The normalized spacial score (nSPS) is 10.9. The van der Waals surface area contributed by atoms with E-state index < -0.39 is 5.56 Å². The lowest BCUT2D eigenvalue weighted by atomic mass is 10.1. The minimum atomic E-state index is -0.395. The fourth-order valence-corrected chi connectivity index (χ4v) is 3.36. The van der Waals surface area contributed by atoms with Gasteiger partial charge in [-0.25, -0.2) is 0 Å². The number of nitrogens with one attached hydrogen (secondary N) is 2. The maximum absolute atomic E-state index is 12.5. The number of amides is 1. The van der Waals surface area contributed by atoms with Gasteiger partial charge >= 0.3 is 0 Å². The van der Waals surface area contributed by atoms with Gasteiger partial charge in [0.2, 0.25) is 0 Å². The van der Waals surface area contributed by atoms with E-state index in [0.717, 1.165) is 22.0 Å². The first-order valence-corrected chi connectivity index (χ1v) is 9.15. The monoisotopic (exact) mass is 371 g/mol. The summed E-state index contributed by atoms with van der Waals surface area (Å²) in [6.07, 6.45) is 0. The third-order valence-electron chi connectivity index (χ3n) is 5.04. The van der Waals surface area contributed by atoms with Crippen molar-refractivity contribution in [2.24, 2.45) is 7.05 Å². The molecule has 0 aliphatic heterocycles. The average Bonchev–Trinajstić information content (AvgIpc) is 3.00. The number of benzene rings is 2. The van der Waals surface area contributed by atoms with E-state index in [1.54, 1.807) is 12.1 Å². The molecule has 0 saturated carbocycles. The van der Waals surface area contributed by atoms with E-state index in [-0.39, 0.29) is 11.5 Å². The molecule has 0 aliphatic carbocycles. The quantitative estimate of drug-likeness (QED) is 0.573. The van der Waals surface area contributed by atoms with Crippen molar-refractivity contribution in [3.05, 3.63) is 93.9 Å². The first-order chi connectivity index (χ1) is 13.5. The van der Waals surface area contributed by atoms with Crippen molar-refractivity contribution in [3.63, 3.8) is 0 Å². The fraction of sp³-hybridized carbons (Fsp3) is 0.130. The largest absolute Gasteiger partial charge is 0.348 e. The third-order valence-corrected chi connectivity index (χ3v) is 5.04. The van der Waals surface area contributed by atoms with Crippen LogP contribution in [0.15, 0.2) is 71.5 Å². The van der Waals surface area contributed by atoms with Gasteiger partial charge < -0.3 is 14.9 Å². The number of carbonyl (C=O) groups is 1. The van der Waals surface area contributed by atoms with Crippen LogP contribution in [0.2, 0.25) is 0 Å². The van der Waals surface area contributed by atoms with E-state index in [2.05, 4.69) is 33.9 Å². The standard InChI is InChI=1S/C23H21N3O2/c1-15-12-18-13-16(8-11-21(18)26(15)2)14-24-22(27)19-9-10-20(25-23(19)28)17-6-4-3-5-7-17/h3-13H,14H2,1-2H3,(H,24,27)(H,25,28). The predicted molar refractivity (Wildman–Crippen MR) is 111 cm³/mol. The van der Waals surface area contributed by atoms with Gasteiger partial charge in [-0.15, -0.1) is 0 Å². The Morgan fingerprint density at radius 2 is 1.82 bits per heavy atom. The van der Waals surface area contributed by atoms with E-state index >= 15 is 0 Å². The summed E-state index contributed by atoms with van der Waals surface area (Å²) in [5, 5.41) is 3.97. The van der Waals surface area contributed by atoms with Crippen LogP contribution >= 0.6 is 0 Å². The van der Waals surface area contributed by atoms with Crippen LogP contribution in [0, 0.1) is 6.92 Å². The highest BCUT2D eigenvalue weighted by Crippen LogP contribution is 2.20. The highest BCUT2D eigenvalue weighted by molar-refractivity contribution is 5.94. The predicted octanol–water partition coefficient (Wildman–Crippen LogP) is 3.77. The van der Waals surface area contributed by atoms with Crippen molar-refractivity contribution in [3.8, 4) is 11.3 Å².